The van der Waals surface area contributed by atoms with Gasteiger partial charge in [0.1, 0.15) is 0 Å². The topological polar surface area (TPSA) is 15.3 Å². The summed E-state index contributed by atoms with van der Waals surface area (Å²) in [6.45, 7) is 6.86. The fourth-order valence-corrected chi connectivity index (χ4v) is 2.76. The third-order valence-corrected chi connectivity index (χ3v) is 3.92. The molecule has 0 radical (unpaired) electrons. The molecule has 1 saturated heterocycles. The van der Waals surface area contributed by atoms with Gasteiger partial charge in [-0.05, 0) is 24.9 Å². The fourth-order valence-electron chi connectivity index (χ4n) is 2.76. The van der Waals surface area contributed by atoms with E-state index >= 15 is 0 Å². The first kappa shape index (κ1) is 12.6. The molecule has 2 rings (SSSR count). The van der Waals surface area contributed by atoms with Crippen LogP contribution in [0.5, 0.6) is 0 Å². The number of hydrogen-bond donors (Lipinski definition) is 1. The number of piperazine rings is 1. The Morgan fingerprint density at radius 1 is 1.24 bits per heavy atom. The molecule has 0 bridgehead atoms. The number of hydrogen-bond acceptors (Lipinski definition) is 2. The Hall–Kier alpha value is -0.860. The van der Waals surface area contributed by atoms with E-state index in [0.29, 0.717) is 18.0 Å². The zero-order chi connectivity index (χ0) is 12.3. The number of nitrogens with one attached hydrogen (secondary N) is 1. The Labute approximate surface area is 105 Å². The molecule has 0 spiro atoms. The van der Waals surface area contributed by atoms with Crippen molar-refractivity contribution < 1.29 is 0 Å². The third-order valence-electron chi connectivity index (χ3n) is 3.92. The van der Waals surface area contributed by atoms with Gasteiger partial charge in [-0.2, -0.15) is 0 Å². The van der Waals surface area contributed by atoms with Gasteiger partial charge in [0, 0.05) is 25.2 Å². The molecule has 0 aliphatic carbocycles. The molecule has 2 heteroatoms. The lowest BCUT2D eigenvalue weighted by molar-refractivity contribution is 0.0977. The molecule has 2 atom stereocenters. The maximum Gasteiger partial charge on any atom is 0.0261 e. The van der Waals surface area contributed by atoms with Crippen molar-refractivity contribution in [2.45, 2.75) is 32.4 Å². The standard InChI is InChI=1S/C15H24N2/c1-12(2)15-11-16-10-14(17(15)3)9-13-7-5-4-6-8-13/h4-8,12,14-16H,9-11H2,1-3H3/t14?,15-/m1/s1. The lowest BCUT2D eigenvalue weighted by Gasteiger charge is -2.42. The number of nitrogens with zero attached hydrogens (tertiary/aromatic N) is 1. The zero-order valence-electron chi connectivity index (χ0n) is 11.2. The molecular formula is C15H24N2. The van der Waals surface area contributed by atoms with E-state index in [4.69, 9.17) is 0 Å². The van der Waals surface area contributed by atoms with Crippen LogP contribution in [0.4, 0.5) is 0 Å². The SMILES string of the molecule is CC(C)[C@H]1CNCC(Cc2ccccc2)N1C. The van der Waals surface area contributed by atoms with Crippen molar-refractivity contribution in [1.82, 2.24) is 10.2 Å². The van der Waals surface area contributed by atoms with Gasteiger partial charge in [-0.15, -0.1) is 0 Å². The van der Waals surface area contributed by atoms with Gasteiger partial charge >= 0.3 is 0 Å². The van der Waals surface area contributed by atoms with Crippen LogP contribution in [0.2, 0.25) is 0 Å². The minimum absolute atomic E-state index is 0.624. The Morgan fingerprint density at radius 3 is 2.59 bits per heavy atom. The largest absolute Gasteiger partial charge is 0.314 e. The van der Waals surface area contributed by atoms with Crippen LogP contribution in [0.1, 0.15) is 19.4 Å². The molecule has 0 aromatic heterocycles. The van der Waals surface area contributed by atoms with Gasteiger partial charge in [0.15, 0.2) is 0 Å². The van der Waals surface area contributed by atoms with Gasteiger partial charge in [-0.1, -0.05) is 44.2 Å². The van der Waals surface area contributed by atoms with Crippen LogP contribution in [0.3, 0.4) is 0 Å². The van der Waals surface area contributed by atoms with Gasteiger partial charge in [0.05, 0.1) is 0 Å². The van der Waals surface area contributed by atoms with Gasteiger partial charge in [0.25, 0.3) is 0 Å². The molecule has 0 saturated carbocycles. The second kappa shape index (κ2) is 5.65. The van der Waals surface area contributed by atoms with Crippen LogP contribution >= 0.6 is 0 Å². The van der Waals surface area contributed by atoms with E-state index in [0.717, 1.165) is 19.5 Å². The first-order valence-electron chi connectivity index (χ1n) is 6.65. The minimum Gasteiger partial charge on any atom is -0.314 e. The van der Waals surface area contributed by atoms with E-state index in [-0.39, 0.29) is 0 Å². The average Bonchev–Trinajstić information content (AvgIpc) is 2.33. The third kappa shape index (κ3) is 3.08. The van der Waals surface area contributed by atoms with Crippen LogP contribution in [-0.4, -0.2) is 37.1 Å². The van der Waals surface area contributed by atoms with Gasteiger partial charge in [-0.25, -0.2) is 0 Å². The second-order valence-electron chi connectivity index (χ2n) is 5.48. The second-order valence-corrected chi connectivity index (χ2v) is 5.48. The molecule has 1 aliphatic heterocycles. The molecule has 1 aromatic rings. The number of rotatable bonds is 3. The van der Waals surface area contributed by atoms with Crippen LogP contribution in [0, 0.1) is 5.92 Å². The Morgan fingerprint density at radius 2 is 1.94 bits per heavy atom. The average molecular weight is 232 g/mol. The molecular weight excluding hydrogens is 208 g/mol. The van der Waals surface area contributed by atoms with Crippen molar-refractivity contribution in [3.63, 3.8) is 0 Å². The summed E-state index contributed by atoms with van der Waals surface area (Å²) < 4.78 is 0. The zero-order valence-corrected chi connectivity index (χ0v) is 11.2. The molecule has 94 valence electrons. The lowest BCUT2D eigenvalue weighted by atomic mass is 9.95. The van der Waals surface area contributed by atoms with E-state index in [1.54, 1.807) is 0 Å². The van der Waals surface area contributed by atoms with Gasteiger partial charge < -0.3 is 5.32 Å². The summed E-state index contributed by atoms with van der Waals surface area (Å²) in [6, 6.07) is 12.1. The first-order valence-corrected chi connectivity index (χ1v) is 6.65. The monoisotopic (exact) mass is 232 g/mol. The summed E-state index contributed by atoms with van der Waals surface area (Å²) in [7, 11) is 2.28. The van der Waals surface area contributed by atoms with Crippen molar-refractivity contribution in [3.05, 3.63) is 35.9 Å². The molecule has 2 nitrogen and oxygen atoms in total. The highest BCUT2D eigenvalue weighted by atomic mass is 15.2. The van der Waals surface area contributed by atoms with E-state index in [1.165, 1.54) is 5.56 Å². The summed E-state index contributed by atoms with van der Waals surface area (Å²) in [6.07, 6.45) is 1.15. The van der Waals surface area contributed by atoms with E-state index in [2.05, 4.69) is 61.4 Å². The van der Waals surface area contributed by atoms with Crippen molar-refractivity contribution in [2.75, 3.05) is 20.1 Å². The fraction of sp³-hybridized carbons (Fsp3) is 0.600. The highest BCUT2D eigenvalue weighted by Gasteiger charge is 2.28. The lowest BCUT2D eigenvalue weighted by Crippen LogP contribution is -2.58. The Bertz CT molecular complexity index is 334. The predicted molar refractivity (Wildman–Crippen MR) is 73.2 cm³/mol. The van der Waals surface area contributed by atoms with Gasteiger partial charge in [-0.3, -0.25) is 4.90 Å². The maximum atomic E-state index is 3.58. The van der Waals surface area contributed by atoms with E-state index < -0.39 is 0 Å². The van der Waals surface area contributed by atoms with Crippen LogP contribution in [0.15, 0.2) is 30.3 Å². The molecule has 0 amide bonds. The van der Waals surface area contributed by atoms with Crippen molar-refractivity contribution in [2.24, 2.45) is 5.92 Å². The number of benzene rings is 1. The summed E-state index contributed by atoms with van der Waals surface area (Å²) in [5.41, 5.74) is 1.44. The highest BCUT2D eigenvalue weighted by molar-refractivity contribution is 5.16. The normalized spacial score (nSPS) is 26.4. The van der Waals surface area contributed by atoms with Crippen molar-refractivity contribution in [3.8, 4) is 0 Å². The maximum absolute atomic E-state index is 3.58. The van der Waals surface area contributed by atoms with Crippen LogP contribution < -0.4 is 5.32 Å². The molecule has 17 heavy (non-hydrogen) atoms. The van der Waals surface area contributed by atoms with Gasteiger partial charge in [0.2, 0.25) is 0 Å². The molecule has 1 N–H and O–H groups in total. The quantitative estimate of drug-likeness (QED) is 0.859. The molecule has 1 heterocycles. The number of likely N-dealkylation sites (N-methyl/N-ethyl adjacent to an activating group) is 1. The van der Waals surface area contributed by atoms with E-state index in [9.17, 15) is 0 Å². The Balaban J connectivity index is 2.01. The predicted octanol–water partition coefficient (Wildman–Crippen LogP) is 2.16. The molecule has 1 unspecified atom stereocenters. The molecule has 1 aromatic carbocycles. The first-order chi connectivity index (χ1) is 8.18. The highest BCUT2D eigenvalue weighted by Crippen LogP contribution is 2.17. The van der Waals surface area contributed by atoms with E-state index in [1.807, 2.05) is 0 Å². The van der Waals surface area contributed by atoms with Crippen molar-refractivity contribution >= 4 is 0 Å². The summed E-state index contributed by atoms with van der Waals surface area (Å²) in [4.78, 5) is 2.56. The summed E-state index contributed by atoms with van der Waals surface area (Å²) in [5.74, 6) is 0.714. The van der Waals surface area contributed by atoms with Crippen molar-refractivity contribution in [1.29, 1.82) is 0 Å². The molecule has 1 aliphatic rings. The van der Waals surface area contributed by atoms with Crippen LogP contribution in [-0.2, 0) is 6.42 Å². The van der Waals surface area contributed by atoms with Crippen LogP contribution in [0.25, 0.3) is 0 Å². The Kier molecular flexibility index (Phi) is 4.19. The summed E-state index contributed by atoms with van der Waals surface area (Å²) in [5, 5.41) is 3.58. The minimum atomic E-state index is 0.624. The smallest absolute Gasteiger partial charge is 0.0261 e. The summed E-state index contributed by atoms with van der Waals surface area (Å²) >= 11 is 0. The molecule has 1 fully saturated rings.